The molecule has 1 aromatic carbocycles. The molecule has 17 heavy (non-hydrogen) atoms. The van der Waals surface area contributed by atoms with Crippen LogP contribution in [0.1, 0.15) is 15.9 Å². The first-order chi connectivity index (χ1) is 8.16. The van der Waals surface area contributed by atoms with E-state index in [-0.39, 0.29) is 5.91 Å². The Kier molecular flexibility index (Phi) is 4.16. The molecule has 4 nitrogen and oxygen atoms in total. The highest BCUT2D eigenvalue weighted by molar-refractivity contribution is 14.1. The summed E-state index contributed by atoms with van der Waals surface area (Å²) in [5.41, 5.74) is 1.58. The average Bonchev–Trinajstić information content (AvgIpc) is 2.82. The lowest BCUT2D eigenvalue weighted by Gasteiger charge is -2.06. The lowest BCUT2D eigenvalue weighted by Crippen LogP contribution is -2.23. The second-order valence-electron chi connectivity index (χ2n) is 3.41. The summed E-state index contributed by atoms with van der Waals surface area (Å²) < 4.78 is 1.82. The first kappa shape index (κ1) is 12.6. The fraction of sp³-hybridized carbons (Fsp3) is 0.0909. The highest BCUT2D eigenvalue weighted by Crippen LogP contribution is 2.19. The van der Waals surface area contributed by atoms with Crippen LogP contribution in [0.25, 0.3) is 0 Å². The van der Waals surface area contributed by atoms with Gasteiger partial charge >= 0.3 is 0 Å². The summed E-state index contributed by atoms with van der Waals surface area (Å²) in [5.74, 6) is -0.100. The Bertz CT molecular complexity index is 528. The van der Waals surface area contributed by atoms with Crippen molar-refractivity contribution in [2.45, 2.75) is 6.54 Å². The number of nitrogens with zero attached hydrogens (tertiary/aromatic N) is 1. The van der Waals surface area contributed by atoms with Gasteiger partial charge in [-0.05, 0) is 56.7 Å². The smallest absolute Gasteiger partial charge is 0.252 e. The molecule has 1 amide bonds. The molecule has 0 aliphatic rings. The number of hydrogen-bond acceptors (Lipinski definition) is 2. The second-order valence-corrected chi connectivity index (χ2v) is 5.51. The van der Waals surface area contributed by atoms with E-state index in [9.17, 15) is 4.79 Å². The van der Waals surface area contributed by atoms with Crippen molar-refractivity contribution in [2.24, 2.45) is 0 Å². The Hall–Kier alpha value is -0.890. The molecular formula is C11H9BrIN3O. The third-order valence-corrected chi connectivity index (χ3v) is 3.54. The Balaban J connectivity index is 2.07. The van der Waals surface area contributed by atoms with Gasteiger partial charge in [0.1, 0.15) is 0 Å². The van der Waals surface area contributed by atoms with E-state index in [0.717, 1.165) is 13.6 Å². The van der Waals surface area contributed by atoms with Crippen molar-refractivity contribution >= 4 is 44.4 Å². The van der Waals surface area contributed by atoms with Crippen LogP contribution in [0.15, 0.2) is 35.1 Å². The van der Waals surface area contributed by atoms with Gasteiger partial charge in [-0.1, -0.05) is 0 Å². The van der Waals surface area contributed by atoms with Gasteiger partial charge in [0.25, 0.3) is 5.91 Å². The molecule has 6 heteroatoms. The second kappa shape index (κ2) is 5.63. The van der Waals surface area contributed by atoms with E-state index in [1.54, 1.807) is 12.4 Å². The molecule has 2 aromatic rings. The number of carbonyl (C=O) groups excluding carboxylic acids is 1. The van der Waals surface area contributed by atoms with Gasteiger partial charge in [-0.2, -0.15) is 5.10 Å². The number of hydrogen-bond donors (Lipinski definition) is 2. The van der Waals surface area contributed by atoms with Gasteiger partial charge in [-0.3, -0.25) is 9.89 Å². The van der Waals surface area contributed by atoms with Gasteiger partial charge in [0.15, 0.2) is 0 Å². The van der Waals surface area contributed by atoms with E-state index in [4.69, 9.17) is 0 Å². The van der Waals surface area contributed by atoms with Crippen molar-refractivity contribution in [3.8, 4) is 0 Å². The van der Waals surface area contributed by atoms with Crippen molar-refractivity contribution < 1.29 is 4.79 Å². The summed E-state index contributed by atoms with van der Waals surface area (Å²) in [5, 5.41) is 9.36. The number of halogens is 2. The van der Waals surface area contributed by atoms with Crippen molar-refractivity contribution in [3.63, 3.8) is 0 Å². The number of rotatable bonds is 3. The molecule has 0 saturated heterocycles. The predicted octanol–water partition coefficient (Wildman–Crippen LogP) is 2.71. The molecular weight excluding hydrogens is 397 g/mol. The summed E-state index contributed by atoms with van der Waals surface area (Å²) in [6, 6.07) is 5.65. The van der Waals surface area contributed by atoms with E-state index >= 15 is 0 Å². The molecule has 1 heterocycles. The zero-order chi connectivity index (χ0) is 12.3. The standard InChI is InChI=1S/C11H9BrIN3O/c12-10-2-1-8(13)3-9(10)11(17)14-4-7-5-15-16-6-7/h1-3,5-6H,4H2,(H,14,17)(H,15,16). The molecule has 88 valence electrons. The van der Waals surface area contributed by atoms with Gasteiger partial charge < -0.3 is 5.32 Å². The third kappa shape index (κ3) is 3.29. The molecule has 0 aliphatic heterocycles. The van der Waals surface area contributed by atoms with Gasteiger partial charge in [0, 0.05) is 26.3 Å². The van der Waals surface area contributed by atoms with Gasteiger partial charge in [0.2, 0.25) is 0 Å². The number of nitrogens with one attached hydrogen (secondary N) is 2. The molecule has 0 fully saturated rings. The quantitative estimate of drug-likeness (QED) is 0.771. The highest BCUT2D eigenvalue weighted by atomic mass is 127. The summed E-state index contributed by atoms with van der Waals surface area (Å²) >= 11 is 5.55. The number of H-pyrrole nitrogens is 1. The number of amides is 1. The van der Waals surface area contributed by atoms with Crippen LogP contribution in [0.3, 0.4) is 0 Å². The lowest BCUT2D eigenvalue weighted by atomic mass is 10.2. The monoisotopic (exact) mass is 405 g/mol. The SMILES string of the molecule is O=C(NCc1cn[nH]c1)c1cc(I)ccc1Br. The Morgan fingerprint density at radius 3 is 3.06 bits per heavy atom. The van der Waals surface area contributed by atoms with Gasteiger partial charge in [-0.25, -0.2) is 0 Å². The maximum atomic E-state index is 11.9. The summed E-state index contributed by atoms with van der Waals surface area (Å²) in [4.78, 5) is 11.9. The third-order valence-electron chi connectivity index (χ3n) is 2.18. The molecule has 2 rings (SSSR count). The van der Waals surface area contributed by atoms with E-state index in [2.05, 4.69) is 54.0 Å². The molecule has 1 aromatic heterocycles. The van der Waals surface area contributed by atoms with Crippen LogP contribution in [-0.4, -0.2) is 16.1 Å². The van der Waals surface area contributed by atoms with E-state index < -0.39 is 0 Å². The minimum atomic E-state index is -0.100. The van der Waals surface area contributed by atoms with Crippen molar-refractivity contribution in [2.75, 3.05) is 0 Å². The predicted molar refractivity (Wildman–Crippen MR) is 76.6 cm³/mol. The average molecular weight is 406 g/mol. The van der Waals surface area contributed by atoms with Crippen LogP contribution >= 0.6 is 38.5 Å². The maximum absolute atomic E-state index is 11.9. The minimum Gasteiger partial charge on any atom is -0.348 e. The Morgan fingerprint density at radius 1 is 1.53 bits per heavy atom. The van der Waals surface area contributed by atoms with Crippen molar-refractivity contribution in [1.82, 2.24) is 15.5 Å². The highest BCUT2D eigenvalue weighted by Gasteiger charge is 2.10. The van der Waals surface area contributed by atoms with Crippen LogP contribution < -0.4 is 5.32 Å². The normalized spacial score (nSPS) is 10.2. The largest absolute Gasteiger partial charge is 0.348 e. The molecule has 2 N–H and O–H groups in total. The Morgan fingerprint density at radius 2 is 2.35 bits per heavy atom. The molecule has 0 saturated carbocycles. The zero-order valence-electron chi connectivity index (χ0n) is 8.71. The number of benzene rings is 1. The van der Waals surface area contributed by atoms with E-state index in [0.29, 0.717) is 12.1 Å². The van der Waals surface area contributed by atoms with Crippen LogP contribution in [0.5, 0.6) is 0 Å². The van der Waals surface area contributed by atoms with Crippen LogP contribution in [0.4, 0.5) is 0 Å². The van der Waals surface area contributed by atoms with Crippen LogP contribution in [-0.2, 0) is 6.54 Å². The molecule has 0 radical (unpaired) electrons. The van der Waals surface area contributed by atoms with Crippen molar-refractivity contribution in [1.29, 1.82) is 0 Å². The lowest BCUT2D eigenvalue weighted by molar-refractivity contribution is 0.0950. The summed E-state index contributed by atoms with van der Waals surface area (Å²) in [6.07, 6.45) is 3.44. The summed E-state index contributed by atoms with van der Waals surface area (Å²) in [7, 11) is 0. The number of aromatic amines is 1. The van der Waals surface area contributed by atoms with Crippen LogP contribution in [0, 0.1) is 3.57 Å². The van der Waals surface area contributed by atoms with E-state index in [1.165, 1.54) is 0 Å². The topological polar surface area (TPSA) is 57.8 Å². The van der Waals surface area contributed by atoms with Gasteiger partial charge in [0.05, 0.1) is 11.8 Å². The van der Waals surface area contributed by atoms with E-state index in [1.807, 2.05) is 18.2 Å². The fourth-order valence-corrected chi connectivity index (χ4v) is 2.24. The number of carbonyl (C=O) groups is 1. The molecule has 0 unspecified atom stereocenters. The molecule has 0 spiro atoms. The molecule has 0 atom stereocenters. The van der Waals surface area contributed by atoms with Gasteiger partial charge in [-0.15, -0.1) is 0 Å². The Labute approximate surface area is 120 Å². The fourth-order valence-electron chi connectivity index (χ4n) is 1.32. The number of aromatic nitrogens is 2. The first-order valence-corrected chi connectivity index (χ1v) is 6.75. The molecule has 0 bridgehead atoms. The zero-order valence-corrected chi connectivity index (χ0v) is 12.4. The first-order valence-electron chi connectivity index (χ1n) is 4.88. The van der Waals surface area contributed by atoms with Crippen LogP contribution in [0.2, 0.25) is 0 Å². The minimum absolute atomic E-state index is 0.100. The van der Waals surface area contributed by atoms with Crippen molar-refractivity contribution in [3.05, 3.63) is 49.8 Å². The summed E-state index contributed by atoms with van der Waals surface area (Å²) in [6.45, 7) is 0.466. The molecule has 0 aliphatic carbocycles. The maximum Gasteiger partial charge on any atom is 0.252 e.